The molecule has 0 aliphatic heterocycles. The number of esters is 1. The first kappa shape index (κ1) is 12.3. The van der Waals surface area contributed by atoms with Crippen LogP contribution in [0.15, 0.2) is 12.2 Å². The van der Waals surface area contributed by atoms with Gasteiger partial charge in [0.1, 0.15) is 0 Å². The molecular weight excluding hydrogens is 192 g/mol. The Morgan fingerprint density at radius 3 is 2.69 bits per heavy atom. The van der Waals surface area contributed by atoms with Crippen LogP contribution in [0, 0.1) is 0 Å². The maximum absolute atomic E-state index is 10.8. The molecule has 13 heavy (non-hydrogen) atoms. The lowest BCUT2D eigenvalue weighted by atomic mass is 10.4. The Bertz CT molecular complexity index is 170. The van der Waals surface area contributed by atoms with E-state index in [0.717, 1.165) is 0 Å². The van der Waals surface area contributed by atoms with E-state index in [1.807, 2.05) is 0 Å². The van der Waals surface area contributed by atoms with Crippen molar-refractivity contribution in [3.8, 4) is 0 Å². The van der Waals surface area contributed by atoms with Crippen LogP contribution in [0.1, 0.15) is 13.3 Å². The van der Waals surface area contributed by atoms with E-state index in [9.17, 15) is 4.79 Å². The van der Waals surface area contributed by atoms with Gasteiger partial charge >= 0.3 is 5.97 Å². The van der Waals surface area contributed by atoms with Gasteiger partial charge in [-0.25, -0.2) is 9.68 Å². The van der Waals surface area contributed by atoms with Gasteiger partial charge in [-0.2, -0.15) is 0 Å². The molecule has 0 aromatic heterocycles. The Morgan fingerprint density at radius 2 is 2.15 bits per heavy atom. The zero-order valence-electron chi connectivity index (χ0n) is 7.87. The first-order valence-electron chi connectivity index (χ1n) is 3.83. The first-order chi connectivity index (χ1) is 6.18. The zero-order valence-corrected chi connectivity index (χ0v) is 9.87. The predicted octanol–water partition coefficient (Wildman–Crippen LogP) is -0.344. The molecule has 0 aliphatic carbocycles. The molecule has 0 aromatic rings. The number of hydrogen-bond donors (Lipinski definition) is 0. The van der Waals surface area contributed by atoms with Crippen molar-refractivity contribution in [3.63, 3.8) is 0 Å². The lowest BCUT2D eigenvalue weighted by Crippen LogP contribution is -2.08. The van der Waals surface area contributed by atoms with Crippen LogP contribution in [0.3, 0.4) is 0 Å². The van der Waals surface area contributed by atoms with Crippen LogP contribution >= 0.6 is 0 Å². The summed E-state index contributed by atoms with van der Waals surface area (Å²) < 4.78 is 9.08. The maximum Gasteiger partial charge on any atom is 0.333 e. The minimum Gasteiger partial charge on any atom is -0.462 e. The molecule has 76 valence electrons. The molecule has 0 fully saturated rings. The van der Waals surface area contributed by atoms with Crippen molar-refractivity contribution < 1.29 is 24.0 Å². The SMILES string of the molecule is C=C(C)C(=O)OCCCOOO[SiH3]. The van der Waals surface area contributed by atoms with Crippen LogP contribution in [-0.2, 0) is 24.0 Å². The zero-order chi connectivity index (χ0) is 10.1. The molecule has 0 N–H and O–H groups in total. The molecule has 0 saturated heterocycles. The minimum absolute atomic E-state index is 0.288. The van der Waals surface area contributed by atoms with Crippen molar-refractivity contribution in [2.24, 2.45) is 0 Å². The number of carbonyl (C=O) groups is 1. The van der Waals surface area contributed by atoms with Crippen LogP contribution in [0.4, 0.5) is 0 Å². The molecule has 5 nitrogen and oxygen atoms in total. The number of ether oxygens (including phenoxy) is 1. The number of rotatable bonds is 7. The molecule has 0 aliphatic rings. The monoisotopic (exact) mass is 206 g/mol. The molecule has 0 bridgehead atoms. The van der Waals surface area contributed by atoms with E-state index >= 15 is 0 Å². The summed E-state index contributed by atoms with van der Waals surface area (Å²) in [5, 5.41) is 4.19. The molecule has 0 heterocycles. The second-order valence-corrected chi connectivity index (χ2v) is 2.66. The van der Waals surface area contributed by atoms with Gasteiger partial charge in [-0.05, 0) is 6.92 Å². The molecule has 0 unspecified atom stereocenters. The van der Waals surface area contributed by atoms with Gasteiger partial charge in [0, 0.05) is 12.0 Å². The molecule has 6 heteroatoms. The molecule has 0 spiro atoms. The quantitative estimate of drug-likeness (QED) is 0.142. The first-order valence-corrected chi connectivity index (χ1v) is 4.65. The van der Waals surface area contributed by atoms with Crippen molar-refractivity contribution in [1.82, 2.24) is 0 Å². The third-order valence-corrected chi connectivity index (χ3v) is 1.21. The van der Waals surface area contributed by atoms with E-state index < -0.39 is 0 Å². The van der Waals surface area contributed by atoms with E-state index in [2.05, 4.69) is 21.1 Å². The summed E-state index contributed by atoms with van der Waals surface area (Å²) in [6.45, 7) is 5.65. The van der Waals surface area contributed by atoms with Gasteiger partial charge in [-0.15, -0.1) is 0 Å². The highest BCUT2D eigenvalue weighted by atomic mass is 28.2. The molecule has 0 radical (unpaired) electrons. The van der Waals surface area contributed by atoms with Gasteiger partial charge in [0.05, 0.1) is 13.2 Å². The Labute approximate surface area is 80.0 Å². The molecule has 0 aromatic carbocycles. The summed E-state index contributed by atoms with van der Waals surface area (Å²) >= 11 is 0. The fraction of sp³-hybridized carbons (Fsp3) is 0.571. The van der Waals surface area contributed by atoms with Crippen molar-refractivity contribution in [2.45, 2.75) is 13.3 Å². The summed E-state index contributed by atoms with van der Waals surface area (Å²) in [6, 6.07) is 0. The van der Waals surface area contributed by atoms with Crippen molar-refractivity contribution >= 4 is 16.5 Å². The Morgan fingerprint density at radius 1 is 1.46 bits per heavy atom. The Hall–Kier alpha value is -0.693. The van der Waals surface area contributed by atoms with Crippen LogP contribution in [-0.4, -0.2) is 29.7 Å². The summed E-state index contributed by atoms with van der Waals surface area (Å²) in [6.07, 6.45) is 0.559. The summed E-state index contributed by atoms with van der Waals surface area (Å²) in [5.41, 5.74) is 0.389. The fourth-order valence-corrected chi connectivity index (χ4v) is 0.584. The van der Waals surface area contributed by atoms with Gasteiger partial charge in [0.15, 0.2) is 10.5 Å². The van der Waals surface area contributed by atoms with Gasteiger partial charge in [0.25, 0.3) is 0 Å². The third kappa shape index (κ3) is 7.66. The Balaban J connectivity index is 3.16. The maximum atomic E-state index is 10.8. The van der Waals surface area contributed by atoms with E-state index in [-0.39, 0.29) is 12.6 Å². The molecule has 0 rings (SSSR count). The second kappa shape index (κ2) is 7.93. The highest BCUT2D eigenvalue weighted by Gasteiger charge is 2.01. The summed E-state index contributed by atoms with van der Waals surface area (Å²) in [7, 11) is 0.459. The van der Waals surface area contributed by atoms with Gasteiger partial charge in [0.2, 0.25) is 0 Å². The predicted molar refractivity (Wildman–Crippen MR) is 48.5 cm³/mol. The molecule has 0 atom stereocenters. The number of hydrogen-bond acceptors (Lipinski definition) is 5. The largest absolute Gasteiger partial charge is 0.462 e. The van der Waals surface area contributed by atoms with Crippen molar-refractivity contribution in [2.75, 3.05) is 13.2 Å². The van der Waals surface area contributed by atoms with Crippen LogP contribution in [0.2, 0.25) is 0 Å². The third-order valence-electron chi connectivity index (χ3n) is 1.07. The van der Waals surface area contributed by atoms with Crippen LogP contribution in [0.5, 0.6) is 0 Å². The molecule has 0 amide bonds. The molecular formula is C7H14O5Si. The second-order valence-electron chi connectivity index (χ2n) is 2.33. The normalized spacial score (nSPS) is 9.92. The van der Waals surface area contributed by atoms with Crippen LogP contribution in [0.25, 0.3) is 0 Å². The van der Waals surface area contributed by atoms with E-state index in [4.69, 9.17) is 4.74 Å². The smallest absolute Gasteiger partial charge is 0.333 e. The standard InChI is InChI=1S/C7H14O5Si/c1-6(2)7(8)9-4-3-5-10-11-12-13/h1,3-5H2,2,13H3. The fourth-order valence-electron chi connectivity index (χ4n) is 0.488. The van der Waals surface area contributed by atoms with Crippen molar-refractivity contribution in [1.29, 1.82) is 0 Å². The van der Waals surface area contributed by atoms with Gasteiger partial charge in [-0.1, -0.05) is 11.6 Å². The van der Waals surface area contributed by atoms with E-state index in [1.165, 1.54) is 0 Å². The number of carbonyl (C=O) groups excluding carboxylic acids is 1. The lowest BCUT2D eigenvalue weighted by molar-refractivity contribution is -0.467. The van der Waals surface area contributed by atoms with E-state index in [1.54, 1.807) is 6.92 Å². The summed E-state index contributed by atoms with van der Waals surface area (Å²) in [5.74, 6) is -0.389. The lowest BCUT2D eigenvalue weighted by Gasteiger charge is -2.03. The average molecular weight is 206 g/mol. The van der Waals surface area contributed by atoms with Crippen LogP contribution < -0.4 is 0 Å². The van der Waals surface area contributed by atoms with E-state index in [0.29, 0.717) is 29.1 Å². The average Bonchev–Trinajstić information content (AvgIpc) is 2.10. The minimum atomic E-state index is -0.389. The highest BCUT2D eigenvalue weighted by molar-refractivity contribution is 5.97. The van der Waals surface area contributed by atoms with Gasteiger partial charge in [-0.3, -0.25) is 4.58 Å². The topological polar surface area (TPSA) is 54.0 Å². The van der Waals surface area contributed by atoms with Crippen molar-refractivity contribution in [3.05, 3.63) is 12.2 Å². The Kier molecular flexibility index (Phi) is 7.51. The molecule has 0 saturated carbocycles. The van der Waals surface area contributed by atoms with Gasteiger partial charge < -0.3 is 4.74 Å². The highest BCUT2D eigenvalue weighted by Crippen LogP contribution is 1.93. The summed E-state index contributed by atoms with van der Waals surface area (Å²) in [4.78, 5) is 15.3.